The maximum atomic E-state index is 11.4. The molecule has 40 heavy (non-hydrogen) atoms. The zero-order valence-electron chi connectivity index (χ0n) is 22.8. The minimum atomic E-state index is -3.29. The van der Waals surface area contributed by atoms with E-state index in [4.69, 9.17) is 13.1 Å². The van der Waals surface area contributed by atoms with E-state index in [1.165, 1.54) is 0 Å². The van der Waals surface area contributed by atoms with E-state index in [1.54, 1.807) is 13.8 Å². The van der Waals surface area contributed by atoms with Gasteiger partial charge in [-0.2, -0.15) is 33.7 Å². The van der Waals surface area contributed by atoms with E-state index in [1.807, 2.05) is 6.92 Å². The van der Waals surface area contributed by atoms with Gasteiger partial charge >= 0.3 is 0 Å². The Morgan fingerprint density at radius 2 is 1.07 bits per heavy atom. The Hall–Kier alpha value is -0.400. The second kappa shape index (κ2) is 10.6. The molecule has 8 rings (SSSR count). The van der Waals surface area contributed by atoms with Gasteiger partial charge in [-0.1, -0.05) is 13.8 Å². The third-order valence-corrected chi connectivity index (χ3v) is 15.4. The number of hydrogen-bond acceptors (Lipinski definition) is 13. The summed E-state index contributed by atoms with van der Waals surface area (Å²) in [5.74, 6) is 2.02. The normalized spacial score (nSPS) is 49.9. The Labute approximate surface area is 237 Å². The highest BCUT2D eigenvalue weighted by Gasteiger charge is 2.64. The van der Waals surface area contributed by atoms with Crippen LogP contribution in [-0.2, 0) is 61.9 Å². The second-order valence-electron chi connectivity index (χ2n) is 12.1. The third-order valence-electron chi connectivity index (χ3n) is 9.27. The van der Waals surface area contributed by atoms with Gasteiger partial charge in [0.05, 0.1) is 41.2 Å². The van der Waals surface area contributed by atoms with Gasteiger partial charge in [0.2, 0.25) is 0 Å². The molecule has 2 saturated carbocycles. The van der Waals surface area contributed by atoms with Crippen molar-refractivity contribution in [3.8, 4) is 0 Å². The molecule has 0 spiro atoms. The van der Waals surface area contributed by atoms with Crippen molar-refractivity contribution in [2.45, 2.75) is 107 Å². The van der Waals surface area contributed by atoms with Crippen LogP contribution in [0.4, 0.5) is 0 Å². The zero-order valence-corrected chi connectivity index (χ0v) is 26.1. The average molecular weight is 651 g/mol. The van der Waals surface area contributed by atoms with Crippen LogP contribution in [0.25, 0.3) is 0 Å². The Kier molecular flexibility index (Phi) is 8.26. The fourth-order valence-corrected chi connectivity index (χ4v) is 13.3. The van der Waals surface area contributed by atoms with E-state index in [0.717, 1.165) is 12.8 Å². The molecular weight excluding hydrogens is 613 g/mol. The summed E-state index contributed by atoms with van der Waals surface area (Å²) in [6, 6.07) is 0. The molecule has 6 heterocycles. The molecule has 12 atom stereocenters. The molecule has 0 aromatic rings. The minimum Gasteiger partial charge on any atom is -0.370 e. The van der Waals surface area contributed by atoms with E-state index in [9.17, 15) is 33.7 Å². The second-order valence-corrected chi connectivity index (χ2v) is 19.1. The molecule has 8 fully saturated rings. The number of ether oxygens (including phenoxy) is 1. The maximum Gasteiger partial charge on any atom is 0.273 e. The van der Waals surface area contributed by atoms with E-state index in [2.05, 4.69) is 15.3 Å². The molecule has 6 saturated heterocycles. The molecule has 6 aliphatic heterocycles. The zero-order chi connectivity index (χ0) is 29.4. The highest BCUT2D eigenvalue weighted by atomic mass is 32.2. The molecule has 0 aromatic heterocycles. The lowest BCUT2D eigenvalue weighted by Gasteiger charge is -2.19. The predicted molar refractivity (Wildman–Crippen MR) is 141 cm³/mol. The first-order valence-electron chi connectivity index (χ1n) is 13.7. The van der Waals surface area contributed by atoms with Gasteiger partial charge in [-0.15, -0.1) is 0 Å². The number of hydrogen-bond donors (Lipinski definition) is 0. The summed E-state index contributed by atoms with van der Waals surface area (Å²) in [4.78, 5) is 0. The predicted octanol–water partition coefficient (Wildman–Crippen LogP) is 0.900. The van der Waals surface area contributed by atoms with E-state index < -0.39 is 40.5 Å². The first-order valence-corrected chi connectivity index (χ1v) is 19.8. The van der Waals surface area contributed by atoms with E-state index >= 15 is 0 Å². The van der Waals surface area contributed by atoms with Crippen LogP contribution in [0.5, 0.6) is 0 Å². The Bertz CT molecular complexity index is 1300. The van der Waals surface area contributed by atoms with E-state index in [-0.39, 0.29) is 64.5 Å². The minimum absolute atomic E-state index is 0.0266. The van der Waals surface area contributed by atoms with Gasteiger partial charge in [-0.3, -0.25) is 16.7 Å². The lowest BCUT2D eigenvalue weighted by Crippen LogP contribution is -2.32. The first-order chi connectivity index (χ1) is 18.4. The molecule has 0 N–H and O–H groups in total. The lowest BCUT2D eigenvalue weighted by atomic mass is 9.88. The third kappa shape index (κ3) is 6.00. The molecule has 2 aliphatic carbocycles. The molecule has 13 nitrogen and oxygen atoms in total. The fourth-order valence-electron chi connectivity index (χ4n) is 7.03. The van der Waals surface area contributed by atoms with Gasteiger partial charge in [-0.25, -0.2) is 0 Å². The van der Waals surface area contributed by atoms with Crippen molar-refractivity contribution < 1.29 is 55.1 Å². The SMILES string of the molecule is CC1C2CC3C(O2)C1OS3(=O)=O.CC1C2CC3C1OS(=O)(=O)C3C2.CC1CCS(=O)(=O)O1.CC1CCS(=O)(=O)O1. The van der Waals surface area contributed by atoms with Gasteiger partial charge in [0.15, 0.2) is 0 Å². The molecule has 4 bridgehead atoms. The Balaban J connectivity index is 0.000000110. The summed E-state index contributed by atoms with van der Waals surface area (Å²) in [6.07, 6.45) is 3.42. The number of fused-ring (bicyclic) bond motifs is 2. The van der Waals surface area contributed by atoms with Crippen molar-refractivity contribution in [3.63, 3.8) is 0 Å². The maximum absolute atomic E-state index is 11.4. The average Bonchev–Trinajstić information content (AvgIpc) is 3.67. The quantitative estimate of drug-likeness (QED) is 0.338. The standard InChI is InChI=1S/C8H12O3S.C7H10O4S.2C4H8O3S/c1-4-5-2-6-7(3-5)12(9,10)11-8(4)6;1-3-4-2-5-7(10-4)6(3)11-12(5,8)9;2*1-4-2-3-8(5,6)7-4/h4-8H,2-3H2,1H3;3-7H,2H2,1H3;2*4H,2-3H2,1H3. The van der Waals surface area contributed by atoms with Crippen LogP contribution in [0.2, 0.25) is 0 Å². The van der Waals surface area contributed by atoms with Crippen molar-refractivity contribution in [1.82, 2.24) is 0 Å². The van der Waals surface area contributed by atoms with Gasteiger partial charge < -0.3 is 4.74 Å². The molecule has 12 unspecified atom stereocenters. The van der Waals surface area contributed by atoms with Crippen LogP contribution in [-0.4, -0.2) is 92.3 Å². The highest BCUT2D eigenvalue weighted by molar-refractivity contribution is 7.88. The fraction of sp³-hybridized carbons (Fsp3) is 1.00. The summed E-state index contributed by atoms with van der Waals surface area (Å²) in [6.45, 7) is 7.62. The smallest absolute Gasteiger partial charge is 0.273 e. The molecule has 8 aliphatic rings. The van der Waals surface area contributed by atoms with Crippen molar-refractivity contribution >= 4 is 40.5 Å². The van der Waals surface area contributed by atoms with Crippen LogP contribution in [0.1, 0.15) is 59.8 Å². The monoisotopic (exact) mass is 650 g/mol. The summed E-state index contributed by atoms with van der Waals surface area (Å²) in [7, 11) is -12.6. The van der Waals surface area contributed by atoms with Gasteiger partial charge in [0.25, 0.3) is 40.5 Å². The van der Waals surface area contributed by atoms with Crippen LogP contribution >= 0.6 is 0 Å². The van der Waals surface area contributed by atoms with Crippen molar-refractivity contribution in [3.05, 3.63) is 0 Å². The van der Waals surface area contributed by atoms with Crippen molar-refractivity contribution in [2.75, 3.05) is 11.5 Å². The van der Waals surface area contributed by atoms with E-state index in [0.29, 0.717) is 37.0 Å². The van der Waals surface area contributed by atoms with Gasteiger partial charge in [-0.05, 0) is 57.8 Å². The number of rotatable bonds is 0. The largest absolute Gasteiger partial charge is 0.370 e. The van der Waals surface area contributed by atoms with Crippen molar-refractivity contribution in [2.24, 2.45) is 23.7 Å². The molecule has 0 radical (unpaired) electrons. The molecule has 17 heteroatoms. The lowest BCUT2D eigenvalue weighted by molar-refractivity contribution is 0.0830. The van der Waals surface area contributed by atoms with Crippen LogP contribution in [0.15, 0.2) is 0 Å². The summed E-state index contributed by atoms with van der Waals surface area (Å²) >= 11 is 0. The molecule has 232 valence electrons. The Morgan fingerprint density at radius 1 is 0.550 bits per heavy atom. The van der Waals surface area contributed by atoms with Gasteiger partial charge in [0, 0.05) is 11.8 Å². The Morgan fingerprint density at radius 3 is 1.45 bits per heavy atom. The van der Waals surface area contributed by atoms with Crippen LogP contribution in [0.3, 0.4) is 0 Å². The summed E-state index contributed by atoms with van der Waals surface area (Å²) < 4.78 is 112. The molecule has 0 amide bonds. The highest BCUT2D eigenvalue weighted by Crippen LogP contribution is 2.57. The summed E-state index contributed by atoms with van der Waals surface area (Å²) in [5, 5.41) is -0.521. The molecule has 0 aromatic carbocycles. The van der Waals surface area contributed by atoms with Crippen LogP contribution in [0, 0.1) is 23.7 Å². The van der Waals surface area contributed by atoms with Gasteiger partial charge in [0.1, 0.15) is 17.5 Å². The molecular formula is C23H38O13S4. The first kappa shape index (κ1) is 31.0. The van der Waals surface area contributed by atoms with Crippen LogP contribution < -0.4 is 0 Å². The summed E-state index contributed by atoms with van der Waals surface area (Å²) in [5.41, 5.74) is 0. The van der Waals surface area contributed by atoms with Crippen molar-refractivity contribution in [1.29, 1.82) is 0 Å². The topological polar surface area (TPSA) is 183 Å².